The molecule has 0 bridgehead atoms. The van der Waals surface area contributed by atoms with Gasteiger partial charge in [-0.3, -0.25) is 9.59 Å². The van der Waals surface area contributed by atoms with Gasteiger partial charge in [-0.15, -0.1) is 0 Å². The number of carbonyl (C=O) groups is 4. The summed E-state index contributed by atoms with van der Waals surface area (Å²) in [7, 11) is 0. The summed E-state index contributed by atoms with van der Waals surface area (Å²) in [5.74, 6) is -1.60. The molecule has 0 aliphatic heterocycles. The van der Waals surface area contributed by atoms with E-state index in [2.05, 4.69) is 10.6 Å². The molecule has 3 amide bonds. The predicted octanol–water partition coefficient (Wildman–Crippen LogP) is 6.09. The van der Waals surface area contributed by atoms with Crippen LogP contribution < -0.4 is 10.6 Å². The Morgan fingerprint density at radius 1 is 0.681 bits per heavy atom. The van der Waals surface area contributed by atoms with Gasteiger partial charge in [-0.25, -0.2) is 9.59 Å². The topological polar surface area (TPSA) is 114 Å². The number of benzene rings is 3. The van der Waals surface area contributed by atoms with Crippen LogP contribution in [0.4, 0.5) is 4.79 Å². The summed E-state index contributed by atoms with van der Waals surface area (Å²) in [6, 6.07) is 22.8. The highest BCUT2D eigenvalue weighted by atomic mass is 16.6. The monoisotopic (exact) mass is 643 g/mol. The molecule has 47 heavy (non-hydrogen) atoms. The second-order valence-corrected chi connectivity index (χ2v) is 13.6. The van der Waals surface area contributed by atoms with E-state index in [1.807, 2.05) is 79.7 Å². The summed E-state index contributed by atoms with van der Waals surface area (Å²) in [6.07, 6.45) is -0.377. The molecule has 0 spiro atoms. The van der Waals surface area contributed by atoms with E-state index in [1.165, 1.54) is 4.90 Å². The van der Waals surface area contributed by atoms with Crippen LogP contribution in [0.3, 0.4) is 0 Å². The zero-order valence-electron chi connectivity index (χ0n) is 28.8. The second-order valence-electron chi connectivity index (χ2n) is 13.6. The van der Waals surface area contributed by atoms with Crippen molar-refractivity contribution in [2.45, 2.75) is 97.6 Å². The van der Waals surface area contributed by atoms with Gasteiger partial charge < -0.3 is 25.0 Å². The Hall–Kier alpha value is -4.66. The Bertz CT molecular complexity index is 1500. The van der Waals surface area contributed by atoms with Gasteiger partial charge in [0.25, 0.3) is 0 Å². The normalized spacial score (nSPS) is 13.4. The van der Waals surface area contributed by atoms with E-state index in [0.717, 1.165) is 16.7 Å². The van der Waals surface area contributed by atoms with E-state index in [9.17, 15) is 19.2 Å². The third-order valence-electron chi connectivity index (χ3n) is 7.23. The zero-order valence-corrected chi connectivity index (χ0v) is 28.8. The fraction of sp³-hybridized carbons (Fsp3) is 0.421. The van der Waals surface area contributed by atoms with Crippen LogP contribution in [0.15, 0.2) is 84.9 Å². The fourth-order valence-electron chi connectivity index (χ4n) is 5.18. The van der Waals surface area contributed by atoms with Gasteiger partial charge in [0, 0.05) is 19.4 Å². The van der Waals surface area contributed by atoms with Gasteiger partial charge in [-0.1, -0.05) is 84.9 Å². The summed E-state index contributed by atoms with van der Waals surface area (Å²) in [5, 5.41) is 5.68. The van der Waals surface area contributed by atoms with Crippen LogP contribution in [0.2, 0.25) is 0 Å². The zero-order chi connectivity index (χ0) is 34.8. The van der Waals surface area contributed by atoms with Gasteiger partial charge >= 0.3 is 12.1 Å². The minimum absolute atomic E-state index is 0.141. The molecule has 9 heteroatoms. The molecule has 252 valence electrons. The van der Waals surface area contributed by atoms with Crippen LogP contribution >= 0.6 is 0 Å². The number of aryl methyl sites for hydroxylation is 1. The molecule has 3 rings (SSSR count). The van der Waals surface area contributed by atoms with Crippen LogP contribution in [0, 0.1) is 6.92 Å². The molecule has 0 saturated heterocycles. The van der Waals surface area contributed by atoms with Gasteiger partial charge in [-0.05, 0) is 77.6 Å². The van der Waals surface area contributed by atoms with Crippen LogP contribution in [-0.2, 0) is 36.7 Å². The quantitative estimate of drug-likeness (QED) is 0.231. The average molecular weight is 644 g/mol. The maximum absolute atomic E-state index is 14.5. The Morgan fingerprint density at radius 2 is 1.17 bits per heavy atom. The van der Waals surface area contributed by atoms with Gasteiger partial charge in [0.05, 0.1) is 0 Å². The lowest BCUT2D eigenvalue weighted by Gasteiger charge is -2.35. The number of nitrogens with one attached hydrogen (secondary N) is 2. The van der Waals surface area contributed by atoms with Gasteiger partial charge in [0.1, 0.15) is 29.3 Å². The molecule has 0 radical (unpaired) electrons. The smallest absolute Gasteiger partial charge is 0.408 e. The molecule has 0 aliphatic rings. The Morgan fingerprint density at radius 3 is 1.66 bits per heavy atom. The molecule has 3 atom stereocenters. The molecule has 0 aliphatic carbocycles. The summed E-state index contributed by atoms with van der Waals surface area (Å²) < 4.78 is 11.2. The predicted molar refractivity (Wildman–Crippen MR) is 183 cm³/mol. The molecular formula is C38H49N3O6. The second kappa shape index (κ2) is 16.3. The highest BCUT2D eigenvalue weighted by Crippen LogP contribution is 2.27. The number of esters is 1. The number of rotatable bonds is 12. The maximum Gasteiger partial charge on any atom is 0.408 e. The molecule has 3 aromatic carbocycles. The fourth-order valence-corrected chi connectivity index (χ4v) is 5.18. The standard InChI is InChI=1S/C38H49N3O6/c1-9-41(34(43)30(24-27-19-12-10-13-20-27)40-36(45)47-38(6,7)8)32(29-23-17-16-18-26(29)2)33(42)39-31(35(44)46-37(3,4)5)25-28-21-14-11-15-22-28/h10-23,30-32H,9,24-25H2,1-8H3,(H,39,42)(H,40,45). The van der Waals surface area contributed by atoms with Crippen molar-refractivity contribution in [1.29, 1.82) is 0 Å². The van der Waals surface area contributed by atoms with E-state index in [1.54, 1.807) is 60.6 Å². The highest BCUT2D eigenvalue weighted by molar-refractivity contribution is 5.94. The number of hydrogen-bond acceptors (Lipinski definition) is 6. The molecule has 9 nitrogen and oxygen atoms in total. The van der Waals surface area contributed by atoms with Crippen LogP contribution in [0.1, 0.15) is 76.8 Å². The van der Waals surface area contributed by atoms with Crippen molar-refractivity contribution in [3.05, 3.63) is 107 Å². The summed E-state index contributed by atoms with van der Waals surface area (Å²) in [6.45, 7) is 14.3. The minimum atomic E-state index is -1.12. The summed E-state index contributed by atoms with van der Waals surface area (Å²) in [4.78, 5) is 56.8. The summed E-state index contributed by atoms with van der Waals surface area (Å²) >= 11 is 0. The average Bonchev–Trinajstić information content (AvgIpc) is 2.98. The Kier molecular flexibility index (Phi) is 12.7. The first kappa shape index (κ1) is 36.8. The minimum Gasteiger partial charge on any atom is -0.458 e. The first-order valence-corrected chi connectivity index (χ1v) is 16.0. The molecule has 0 aromatic heterocycles. The van der Waals surface area contributed by atoms with Crippen molar-refractivity contribution in [3.63, 3.8) is 0 Å². The van der Waals surface area contributed by atoms with Crippen molar-refractivity contribution in [2.24, 2.45) is 0 Å². The first-order chi connectivity index (χ1) is 22.1. The number of carbonyl (C=O) groups excluding carboxylic acids is 4. The highest BCUT2D eigenvalue weighted by Gasteiger charge is 2.38. The van der Waals surface area contributed by atoms with Crippen molar-refractivity contribution in [2.75, 3.05) is 6.54 Å². The van der Waals surface area contributed by atoms with Gasteiger partial charge in [-0.2, -0.15) is 0 Å². The molecule has 3 unspecified atom stereocenters. The van der Waals surface area contributed by atoms with E-state index in [0.29, 0.717) is 5.56 Å². The number of ether oxygens (including phenoxy) is 2. The van der Waals surface area contributed by atoms with E-state index in [-0.39, 0.29) is 19.4 Å². The van der Waals surface area contributed by atoms with E-state index in [4.69, 9.17) is 9.47 Å². The number of hydrogen-bond donors (Lipinski definition) is 2. The molecule has 0 fully saturated rings. The van der Waals surface area contributed by atoms with Gasteiger partial charge in [0.15, 0.2) is 0 Å². The summed E-state index contributed by atoms with van der Waals surface area (Å²) in [5.41, 5.74) is 1.48. The van der Waals surface area contributed by atoms with Crippen molar-refractivity contribution in [3.8, 4) is 0 Å². The molecular weight excluding hydrogens is 594 g/mol. The SMILES string of the molecule is CCN(C(=O)C(Cc1ccccc1)NC(=O)OC(C)(C)C)C(C(=O)NC(Cc1ccccc1)C(=O)OC(C)(C)C)c1ccccc1C. The number of nitrogens with zero attached hydrogens (tertiary/aromatic N) is 1. The first-order valence-electron chi connectivity index (χ1n) is 16.0. The largest absolute Gasteiger partial charge is 0.458 e. The van der Waals surface area contributed by atoms with Crippen molar-refractivity contribution >= 4 is 23.9 Å². The molecule has 0 heterocycles. The van der Waals surface area contributed by atoms with Crippen LogP contribution in [-0.4, -0.2) is 58.6 Å². The Labute approximate surface area is 279 Å². The number of amides is 3. The lowest BCUT2D eigenvalue weighted by molar-refractivity contribution is -0.159. The third kappa shape index (κ3) is 11.6. The Balaban J connectivity index is 2.04. The lowest BCUT2D eigenvalue weighted by atomic mass is 9.96. The number of likely N-dealkylation sites (N-methyl/N-ethyl adjacent to an activating group) is 1. The van der Waals surface area contributed by atoms with Gasteiger partial charge in [0.2, 0.25) is 11.8 Å². The van der Waals surface area contributed by atoms with Crippen LogP contribution in [0.5, 0.6) is 0 Å². The van der Waals surface area contributed by atoms with E-state index >= 15 is 0 Å². The molecule has 2 N–H and O–H groups in total. The third-order valence-corrected chi connectivity index (χ3v) is 7.23. The number of alkyl carbamates (subject to hydrolysis) is 1. The lowest BCUT2D eigenvalue weighted by Crippen LogP contribution is -2.55. The maximum atomic E-state index is 14.5. The molecule has 0 saturated carbocycles. The van der Waals surface area contributed by atoms with E-state index < -0.39 is 53.2 Å². The molecule has 3 aromatic rings. The van der Waals surface area contributed by atoms with Crippen LogP contribution in [0.25, 0.3) is 0 Å². The van der Waals surface area contributed by atoms with Crippen molar-refractivity contribution in [1.82, 2.24) is 15.5 Å². The van der Waals surface area contributed by atoms with Crippen molar-refractivity contribution < 1.29 is 28.7 Å².